The van der Waals surface area contributed by atoms with Gasteiger partial charge < -0.3 is 9.97 Å². The molecule has 6 rings (SSSR count). The maximum absolute atomic E-state index is 13.5. The van der Waals surface area contributed by atoms with Gasteiger partial charge in [-0.3, -0.25) is 9.98 Å². The number of halogens is 8. The van der Waals surface area contributed by atoms with Crippen molar-refractivity contribution >= 4 is 64.2 Å². The Morgan fingerprint density at radius 3 is 1.26 bits per heavy atom. The molecule has 0 amide bonds. The zero-order valence-corrected chi connectivity index (χ0v) is 24.6. The van der Waals surface area contributed by atoms with E-state index >= 15 is 0 Å². The van der Waals surface area contributed by atoms with E-state index in [1.807, 2.05) is 24.3 Å². The molecule has 2 heterocycles. The van der Waals surface area contributed by atoms with Crippen LogP contribution >= 0.6 is 18.6 Å². The second-order valence-electron chi connectivity index (χ2n) is 8.48. The number of aromatic nitrogens is 2. The Hall–Kier alpha value is -3.83. The van der Waals surface area contributed by atoms with Crippen molar-refractivity contribution in [2.24, 2.45) is 9.98 Å². The maximum atomic E-state index is 13.5. The topological polar surface area (TPSA) is 52.9 Å². The van der Waals surface area contributed by atoms with Gasteiger partial charge in [-0.25, -0.2) is 26.3 Å². The molecule has 6 aromatic rings. The Morgan fingerprint density at radius 2 is 0.907 bits per heavy atom. The molecule has 2 aromatic heterocycles. The number of rotatable bonds is 4. The van der Waals surface area contributed by atoms with Gasteiger partial charge >= 0.3 is 35.6 Å². The van der Waals surface area contributed by atoms with Crippen LogP contribution in [-0.4, -0.2) is 12.4 Å². The molecular weight excluding hydrogens is 649 g/mol. The Morgan fingerprint density at radius 1 is 0.558 bits per heavy atom. The average molecular weight is 665 g/mol. The van der Waals surface area contributed by atoms with Crippen LogP contribution in [0.3, 0.4) is 0 Å². The molecule has 0 bridgehead atoms. The van der Waals surface area contributed by atoms with Crippen LogP contribution in [0.15, 0.2) is 95.2 Å². The second kappa shape index (κ2) is 15.1. The van der Waals surface area contributed by atoms with Crippen molar-refractivity contribution in [1.82, 2.24) is 9.97 Å². The number of hydrogen-bond donors (Lipinski definition) is 0. The molecule has 0 saturated carbocycles. The average Bonchev–Trinajstić information content (AvgIpc) is 3.63. The van der Waals surface area contributed by atoms with Crippen molar-refractivity contribution in [3.8, 4) is 0 Å². The molecule has 0 aliphatic heterocycles. The van der Waals surface area contributed by atoms with E-state index in [-0.39, 0.29) is 0 Å². The fourth-order valence-electron chi connectivity index (χ4n) is 3.90. The summed E-state index contributed by atoms with van der Waals surface area (Å²) in [6.45, 7) is 0. The first-order valence-corrected chi connectivity index (χ1v) is 16.4. The molecule has 43 heavy (non-hydrogen) atoms. The predicted molar refractivity (Wildman–Crippen MR) is 153 cm³/mol. The Bertz CT molecular complexity index is 1740. The predicted octanol–water partition coefficient (Wildman–Crippen LogP) is 9.31. The van der Waals surface area contributed by atoms with Crippen LogP contribution in [0.25, 0.3) is 21.8 Å². The fraction of sp³-hybridized carbons (Fsp3) is 0. The number of hydrogen-bond acceptors (Lipinski definition) is 2. The van der Waals surface area contributed by atoms with E-state index in [0.717, 1.165) is 10.8 Å². The summed E-state index contributed by atoms with van der Waals surface area (Å²) < 4.78 is 79.4. The van der Waals surface area contributed by atoms with Crippen molar-refractivity contribution in [3.05, 3.63) is 131 Å². The third-order valence-electron chi connectivity index (χ3n) is 5.74. The van der Waals surface area contributed by atoms with Crippen LogP contribution in [0.5, 0.6) is 0 Å². The number of aliphatic imine (C=N–C) groups is 2. The molecule has 0 atom stereocenters. The van der Waals surface area contributed by atoms with Crippen LogP contribution in [0, 0.1) is 34.9 Å². The molecule has 218 valence electrons. The van der Waals surface area contributed by atoms with E-state index in [4.69, 9.17) is 18.6 Å². The summed E-state index contributed by atoms with van der Waals surface area (Å²) in [4.78, 5) is 15.8. The molecule has 0 aliphatic rings. The third-order valence-corrected chi connectivity index (χ3v) is 5.74. The molecular formula is C30H16Cl2F6N4Ti-2. The van der Waals surface area contributed by atoms with E-state index in [1.54, 1.807) is 36.7 Å². The fourth-order valence-corrected chi connectivity index (χ4v) is 3.90. The van der Waals surface area contributed by atoms with Crippen molar-refractivity contribution in [1.29, 1.82) is 0 Å². The van der Waals surface area contributed by atoms with Crippen molar-refractivity contribution in [2.45, 2.75) is 0 Å². The van der Waals surface area contributed by atoms with Crippen LogP contribution in [0.2, 0.25) is 0 Å². The monoisotopic (exact) mass is 664 g/mol. The SMILES string of the molecule is Fc1cc(F)c(N=Cc2cccc3cc[n-]c23)c(F)c1.Fc1cc(F)c(N=Cc2cccc3cc[n-]c23)c(F)c1.[Cl][Ti][Cl]. The quantitative estimate of drug-likeness (QED) is 0.107. The summed E-state index contributed by atoms with van der Waals surface area (Å²) in [7, 11) is 9.78. The minimum atomic E-state index is -1.04. The standard InChI is InChI=1S/2C15H8F3N2.2ClH.Ti/c2*16-11-6-12(17)15(13(18)7-11)20-8-10-3-1-2-9-4-5-19-14(9)10;;;/h2*1-8H;2*1H;/q2*-1;;;+2/p-2. The summed E-state index contributed by atoms with van der Waals surface area (Å²) in [5.41, 5.74) is 1.62. The molecule has 0 saturated heterocycles. The van der Waals surface area contributed by atoms with Crippen LogP contribution < -0.4 is 9.97 Å². The van der Waals surface area contributed by atoms with Crippen LogP contribution in [0.4, 0.5) is 37.7 Å². The Balaban J connectivity index is 0.000000181. The molecule has 13 heteroatoms. The normalized spacial score (nSPS) is 11.1. The molecule has 0 N–H and O–H groups in total. The second-order valence-corrected chi connectivity index (χ2v) is 11.1. The summed E-state index contributed by atoms with van der Waals surface area (Å²) in [6.07, 6.45) is 5.91. The van der Waals surface area contributed by atoms with Gasteiger partial charge in [-0.2, -0.15) is 12.4 Å². The minimum absolute atomic E-state index is 0.519. The van der Waals surface area contributed by atoms with E-state index in [2.05, 4.69) is 20.0 Å². The molecule has 4 nitrogen and oxygen atoms in total. The summed E-state index contributed by atoms with van der Waals surface area (Å²) in [5.74, 6) is -6.11. The number of nitrogens with zero attached hydrogens (tertiary/aromatic N) is 4. The van der Waals surface area contributed by atoms with Gasteiger partial charge in [0, 0.05) is 36.7 Å². The molecule has 0 fully saturated rings. The number of benzene rings is 4. The van der Waals surface area contributed by atoms with Gasteiger partial charge in [0.2, 0.25) is 0 Å². The summed E-state index contributed by atoms with van der Waals surface area (Å²) in [5, 5.41) is 1.82. The zero-order valence-electron chi connectivity index (χ0n) is 21.6. The Kier molecular flexibility index (Phi) is 11.2. The van der Waals surface area contributed by atoms with E-state index in [0.29, 0.717) is 46.4 Å². The van der Waals surface area contributed by atoms with Gasteiger partial charge in [-0.1, -0.05) is 48.5 Å². The van der Waals surface area contributed by atoms with Gasteiger partial charge in [0.05, 0.1) is 0 Å². The molecule has 0 unspecified atom stereocenters. The molecule has 0 aliphatic carbocycles. The van der Waals surface area contributed by atoms with E-state index in [1.165, 1.54) is 12.4 Å². The summed E-state index contributed by atoms with van der Waals surface area (Å²) in [6, 6.07) is 16.8. The van der Waals surface area contributed by atoms with E-state index in [9.17, 15) is 26.3 Å². The van der Waals surface area contributed by atoms with Gasteiger partial charge in [0.25, 0.3) is 0 Å². The third kappa shape index (κ3) is 8.17. The Labute approximate surface area is 257 Å². The van der Waals surface area contributed by atoms with E-state index < -0.39 is 63.3 Å². The molecule has 4 aromatic carbocycles. The first kappa shape index (κ1) is 32.1. The first-order chi connectivity index (χ1) is 20.7. The van der Waals surface area contributed by atoms with Gasteiger partial charge in [-0.15, -0.1) is 11.0 Å². The van der Waals surface area contributed by atoms with Gasteiger partial charge in [0.1, 0.15) is 23.0 Å². The zero-order chi connectivity index (χ0) is 30.9. The van der Waals surface area contributed by atoms with Crippen molar-refractivity contribution in [2.75, 3.05) is 0 Å². The van der Waals surface area contributed by atoms with Crippen LogP contribution in [-0.2, 0) is 17.0 Å². The van der Waals surface area contributed by atoms with Gasteiger partial charge in [-0.05, 0) is 21.9 Å². The first-order valence-electron chi connectivity index (χ1n) is 12.1. The van der Waals surface area contributed by atoms with Gasteiger partial charge in [0.15, 0.2) is 23.3 Å². The van der Waals surface area contributed by atoms with Crippen LogP contribution in [0.1, 0.15) is 11.1 Å². The van der Waals surface area contributed by atoms with Crippen molar-refractivity contribution < 1.29 is 43.4 Å². The number of para-hydroxylation sites is 2. The molecule has 0 radical (unpaired) electrons. The van der Waals surface area contributed by atoms with Crippen molar-refractivity contribution in [3.63, 3.8) is 0 Å². The number of fused-ring (bicyclic) bond motifs is 2. The molecule has 0 spiro atoms. The summed E-state index contributed by atoms with van der Waals surface area (Å²) >= 11 is -0.556.